The van der Waals surface area contributed by atoms with E-state index >= 15 is 0 Å². The summed E-state index contributed by atoms with van der Waals surface area (Å²) in [4.78, 5) is 81.4. The lowest BCUT2D eigenvalue weighted by molar-refractivity contribution is -0.142. The summed E-state index contributed by atoms with van der Waals surface area (Å²) in [5, 5.41) is 61.9. The quantitative estimate of drug-likeness (QED) is 0.0526. The number of anilines is 3. The molecule has 71 heavy (non-hydrogen) atoms. The Bertz CT molecular complexity index is 3100. The Kier molecular flexibility index (Phi) is 19.7. The van der Waals surface area contributed by atoms with Crippen molar-refractivity contribution in [2.24, 2.45) is 17.3 Å². The summed E-state index contributed by atoms with van der Waals surface area (Å²) in [6, 6.07) is 22.8. The highest BCUT2D eigenvalue weighted by atomic mass is 32.1. The van der Waals surface area contributed by atoms with E-state index in [0.29, 0.717) is 22.4 Å². The minimum atomic E-state index is -1.14. The van der Waals surface area contributed by atoms with Crippen LogP contribution in [0.1, 0.15) is 68.0 Å². The molecule has 0 radical (unpaired) electrons. The first-order valence-electron chi connectivity index (χ1n) is 20.6. The molecule has 0 aliphatic rings. The molecule has 3 heterocycles. The Morgan fingerprint density at radius 1 is 0.592 bits per heavy atom. The molecule has 366 valence electrons. The number of thiazole rings is 3. The zero-order valence-electron chi connectivity index (χ0n) is 37.7. The number of nitrogens with zero attached hydrogens (tertiary/aromatic N) is 6. The third kappa shape index (κ3) is 16.4. The van der Waals surface area contributed by atoms with Crippen molar-refractivity contribution in [1.29, 1.82) is 15.8 Å². The van der Waals surface area contributed by atoms with Crippen LogP contribution in [0.2, 0.25) is 0 Å². The first-order valence-corrected chi connectivity index (χ1v) is 23.1. The second-order valence-corrected chi connectivity index (χ2v) is 18.7. The van der Waals surface area contributed by atoms with Crippen LogP contribution in [0.4, 0.5) is 28.6 Å². The number of carboxylic acids is 3. The predicted molar refractivity (Wildman–Crippen MR) is 256 cm³/mol. The summed E-state index contributed by atoms with van der Waals surface area (Å²) in [7, 11) is 0. The van der Waals surface area contributed by atoms with E-state index in [1.807, 2.05) is 18.2 Å². The van der Waals surface area contributed by atoms with E-state index < -0.39 is 64.4 Å². The van der Waals surface area contributed by atoms with Crippen LogP contribution in [0.25, 0.3) is 33.8 Å². The van der Waals surface area contributed by atoms with Crippen LogP contribution >= 0.6 is 34.0 Å². The number of aromatic nitrogens is 3. The van der Waals surface area contributed by atoms with Gasteiger partial charge in [-0.15, -0.1) is 0 Å². The number of nitrogens with one attached hydrogen (secondary N) is 3. The van der Waals surface area contributed by atoms with Crippen LogP contribution < -0.4 is 16.0 Å². The Labute approximate surface area is 414 Å². The number of hydrogen-bond acceptors (Lipinski definition) is 15. The van der Waals surface area contributed by atoms with E-state index in [-0.39, 0.29) is 73.0 Å². The minimum absolute atomic E-state index is 0.107. The van der Waals surface area contributed by atoms with Gasteiger partial charge in [0.1, 0.15) is 67.4 Å². The number of hydrogen-bond donors (Lipinski definition) is 6. The molecular weight excluding hydrogens is 988 g/mol. The topological polar surface area (TPSA) is 309 Å². The van der Waals surface area contributed by atoms with Gasteiger partial charge in [0, 0.05) is 34.9 Å². The summed E-state index contributed by atoms with van der Waals surface area (Å²) < 4.78 is 40.0. The van der Waals surface area contributed by atoms with Crippen molar-refractivity contribution in [3.63, 3.8) is 0 Å². The highest BCUT2D eigenvalue weighted by Crippen LogP contribution is 2.34. The van der Waals surface area contributed by atoms with Gasteiger partial charge in [-0.25, -0.2) is 28.1 Å². The number of rotatable bonds is 16. The molecule has 2 atom stereocenters. The fourth-order valence-corrected chi connectivity index (χ4v) is 8.21. The lowest BCUT2D eigenvalue weighted by Crippen LogP contribution is -2.32. The van der Waals surface area contributed by atoms with Crippen LogP contribution in [-0.2, 0) is 28.8 Å². The maximum absolute atomic E-state index is 13.4. The highest BCUT2D eigenvalue weighted by Gasteiger charge is 2.32. The van der Waals surface area contributed by atoms with Gasteiger partial charge in [-0.05, 0) is 42.8 Å². The monoisotopic (exact) mass is 1030 g/mol. The fraction of sp³-hybridized carbons (Fsp3) is 0.234. The van der Waals surface area contributed by atoms with Crippen molar-refractivity contribution in [2.45, 2.75) is 53.4 Å². The number of halogens is 3. The lowest BCUT2D eigenvalue weighted by Gasteiger charge is -2.20. The zero-order valence-corrected chi connectivity index (χ0v) is 40.2. The molecule has 6 aromatic rings. The molecule has 18 nitrogen and oxygen atoms in total. The van der Waals surface area contributed by atoms with E-state index in [4.69, 9.17) is 20.6 Å². The number of aliphatic carboxylic acids is 3. The lowest BCUT2D eigenvalue weighted by atomic mass is 9.88. The Morgan fingerprint density at radius 3 is 1.28 bits per heavy atom. The highest BCUT2D eigenvalue weighted by molar-refractivity contribution is 7.17. The molecule has 0 bridgehead atoms. The van der Waals surface area contributed by atoms with Gasteiger partial charge in [0.2, 0.25) is 17.7 Å². The molecule has 0 saturated carbocycles. The van der Waals surface area contributed by atoms with Gasteiger partial charge >= 0.3 is 17.9 Å². The molecule has 24 heteroatoms. The maximum atomic E-state index is 13.4. The molecule has 0 saturated heterocycles. The minimum Gasteiger partial charge on any atom is -0.481 e. The average molecular weight is 1030 g/mol. The Morgan fingerprint density at radius 2 is 0.958 bits per heavy atom. The number of amides is 3. The van der Waals surface area contributed by atoms with Gasteiger partial charge in [-0.2, -0.15) is 15.8 Å². The smallest absolute Gasteiger partial charge is 0.304 e. The molecular formula is C47H40F3N9O9S3. The van der Waals surface area contributed by atoms with E-state index in [9.17, 15) is 52.5 Å². The van der Waals surface area contributed by atoms with Gasteiger partial charge < -0.3 is 31.3 Å². The fourth-order valence-electron chi connectivity index (χ4n) is 5.85. The summed E-state index contributed by atoms with van der Waals surface area (Å²) in [5.74, 6) is -7.14. The molecule has 0 aliphatic heterocycles. The third-order valence-corrected chi connectivity index (χ3v) is 12.2. The van der Waals surface area contributed by atoms with Crippen molar-refractivity contribution >= 4 is 85.0 Å². The van der Waals surface area contributed by atoms with E-state index in [1.165, 1.54) is 75.4 Å². The molecule has 0 aliphatic carbocycles. The largest absolute Gasteiger partial charge is 0.481 e. The van der Waals surface area contributed by atoms with Crippen molar-refractivity contribution in [3.05, 3.63) is 105 Å². The number of nitriles is 3. The van der Waals surface area contributed by atoms with Crippen molar-refractivity contribution < 1.29 is 57.3 Å². The average Bonchev–Trinajstić information content (AvgIpc) is 4.04. The molecule has 3 aromatic carbocycles. The van der Waals surface area contributed by atoms with Crippen LogP contribution in [0.3, 0.4) is 0 Å². The van der Waals surface area contributed by atoms with Crippen molar-refractivity contribution in [3.8, 4) is 52.0 Å². The maximum Gasteiger partial charge on any atom is 0.304 e. The standard InChI is InChI=1S/2C16H14FN3O3S.C15H12FN3O3S/c1-16(2,7-12(21)22)14(23)20-15-19-13(11(8-18)24-15)9-4-3-5-10(17)6-9;1-9(5-6-13(21)22)15(23)20-16-19-14(12(8-18)24-16)10-3-2-4-11(17)7-10;1-8(5-12(20)21)14(22)19-15-18-13(11(7-17)23-15)9-3-2-4-10(16)6-9/h3-6H,7H2,1-2H3,(H,21,22)(H,19,20,23);2-4,7,9H,5-6H2,1H3,(H,21,22)(H,19,20,23);2-4,6,8H,5H2,1H3,(H,20,21)(H,18,19,22)/t;9-;/m.0./s1. The van der Waals surface area contributed by atoms with Gasteiger partial charge in [0.15, 0.2) is 15.4 Å². The first kappa shape index (κ1) is 55.2. The van der Waals surface area contributed by atoms with Gasteiger partial charge in [-0.3, -0.25) is 28.8 Å². The molecule has 1 unspecified atom stereocenters. The van der Waals surface area contributed by atoms with Crippen LogP contribution in [0.5, 0.6) is 0 Å². The van der Waals surface area contributed by atoms with E-state index in [1.54, 1.807) is 25.1 Å². The molecule has 3 amide bonds. The molecule has 0 spiro atoms. The van der Waals surface area contributed by atoms with Crippen molar-refractivity contribution in [1.82, 2.24) is 15.0 Å². The SMILES string of the molecule is CC(C)(CC(=O)O)C(=O)Nc1nc(-c2cccc(F)c2)c(C#N)s1.CC(CC(=O)O)C(=O)Nc1nc(-c2cccc(F)c2)c(C#N)s1.C[C@@H](CCC(=O)O)C(=O)Nc1nc(-c2cccc(F)c2)c(C#N)s1. The van der Waals surface area contributed by atoms with E-state index in [2.05, 4.69) is 30.9 Å². The number of carbonyl (C=O) groups excluding carboxylic acids is 3. The zero-order chi connectivity index (χ0) is 52.6. The summed E-state index contributed by atoms with van der Waals surface area (Å²) >= 11 is 2.89. The molecule has 6 N–H and O–H groups in total. The summed E-state index contributed by atoms with van der Waals surface area (Å²) in [6.45, 7) is 6.10. The van der Waals surface area contributed by atoms with Gasteiger partial charge in [0.25, 0.3) is 0 Å². The molecule has 0 fully saturated rings. The summed E-state index contributed by atoms with van der Waals surface area (Å²) in [5.41, 5.74) is 1.01. The molecule has 6 rings (SSSR count). The normalized spacial score (nSPS) is 11.3. The second kappa shape index (κ2) is 25.3. The second-order valence-electron chi connectivity index (χ2n) is 15.7. The number of benzene rings is 3. The van der Waals surface area contributed by atoms with Gasteiger partial charge in [0.05, 0.1) is 18.3 Å². The van der Waals surface area contributed by atoms with Crippen LogP contribution in [0, 0.1) is 68.7 Å². The molecule has 3 aromatic heterocycles. The third-order valence-electron chi connectivity index (χ3n) is 9.54. The van der Waals surface area contributed by atoms with Gasteiger partial charge in [-0.1, -0.05) is 98.1 Å². The van der Waals surface area contributed by atoms with E-state index in [0.717, 1.165) is 34.0 Å². The van der Waals surface area contributed by atoms with Crippen LogP contribution in [0.15, 0.2) is 72.8 Å². The van der Waals surface area contributed by atoms with Crippen LogP contribution in [-0.4, -0.2) is 65.9 Å². The number of carboxylic acid groups (broad SMARTS) is 3. The number of carbonyl (C=O) groups is 6. The first-order chi connectivity index (χ1) is 33.5. The summed E-state index contributed by atoms with van der Waals surface area (Å²) in [6.07, 6.45) is -0.552. The Hall–Kier alpha value is -8.37. The predicted octanol–water partition coefficient (Wildman–Crippen LogP) is 9.39. The van der Waals surface area contributed by atoms with Crippen molar-refractivity contribution in [2.75, 3.05) is 16.0 Å². The Balaban J connectivity index is 0.000000231.